The highest BCUT2D eigenvalue weighted by atomic mass is 17.3. The van der Waals surface area contributed by atoms with E-state index >= 15 is 0 Å². The average molecular weight is 417 g/mol. The predicted molar refractivity (Wildman–Crippen MR) is 110 cm³/mol. The van der Waals surface area contributed by atoms with Crippen molar-refractivity contribution in [1.29, 1.82) is 0 Å². The van der Waals surface area contributed by atoms with Crippen LogP contribution in [0, 0.1) is 23.7 Å². The summed E-state index contributed by atoms with van der Waals surface area (Å²) in [4.78, 5) is 24.4. The van der Waals surface area contributed by atoms with Crippen molar-refractivity contribution >= 4 is 11.7 Å². The second kappa shape index (κ2) is 7.48. The van der Waals surface area contributed by atoms with Crippen LogP contribution in [0.25, 0.3) is 0 Å². The van der Waals surface area contributed by atoms with Crippen LogP contribution >= 0.6 is 0 Å². The Morgan fingerprint density at radius 2 is 1.90 bits per heavy atom. The lowest BCUT2D eigenvalue weighted by molar-refractivity contribution is -0.570. The third-order valence-electron chi connectivity index (χ3n) is 7.79. The van der Waals surface area contributed by atoms with Crippen molar-refractivity contribution < 1.29 is 24.0 Å². The lowest BCUT2D eigenvalue weighted by Gasteiger charge is -2.60. The van der Waals surface area contributed by atoms with Gasteiger partial charge in [-0.1, -0.05) is 32.0 Å². The lowest BCUT2D eigenvalue weighted by atomic mass is 9.57. The van der Waals surface area contributed by atoms with E-state index in [0.29, 0.717) is 18.4 Å². The molecule has 5 aliphatic rings. The van der Waals surface area contributed by atoms with Gasteiger partial charge in [0, 0.05) is 24.6 Å². The summed E-state index contributed by atoms with van der Waals surface area (Å²) in [5.41, 5.74) is 0.203. The number of hydrogen-bond donors (Lipinski definition) is 2. The van der Waals surface area contributed by atoms with Crippen LogP contribution in [0.2, 0.25) is 0 Å². The molecule has 4 saturated heterocycles. The molecule has 4 heterocycles. The van der Waals surface area contributed by atoms with Gasteiger partial charge < -0.3 is 20.1 Å². The van der Waals surface area contributed by atoms with Gasteiger partial charge in [0.1, 0.15) is 0 Å². The van der Waals surface area contributed by atoms with Crippen LogP contribution in [-0.2, 0) is 19.2 Å². The van der Waals surface area contributed by atoms with Crippen molar-refractivity contribution in [2.75, 3.05) is 11.9 Å². The van der Waals surface area contributed by atoms with E-state index in [9.17, 15) is 4.79 Å². The molecule has 30 heavy (non-hydrogen) atoms. The maximum Gasteiger partial charge on any atom is 0.319 e. The van der Waals surface area contributed by atoms with E-state index in [1.807, 2.05) is 37.3 Å². The molecule has 0 radical (unpaired) electrons. The molecule has 2 amide bonds. The zero-order valence-electron chi connectivity index (χ0n) is 17.9. The zero-order valence-corrected chi connectivity index (χ0v) is 17.9. The van der Waals surface area contributed by atoms with Crippen molar-refractivity contribution in [3.63, 3.8) is 0 Å². The van der Waals surface area contributed by atoms with Crippen molar-refractivity contribution in [3.8, 4) is 0 Å². The summed E-state index contributed by atoms with van der Waals surface area (Å²) in [6.45, 7) is 6.86. The van der Waals surface area contributed by atoms with Gasteiger partial charge in [0.05, 0.1) is 6.10 Å². The number of benzene rings is 1. The van der Waals surface area contributed by atoms with Crippen LogP contribution < -0.4 is 10.6 Å². The molecule has 164 valence electrons. The summed E-state index contributed by atoms with van der Waals surface area (Å²) < 4.78 is 12.8. The molecule has 5 fully saturated rings. The van der Waals surface area contributed by atoms with Crippen LogP contribution in [0.4, 0.5) is 10.5 Å². The van der Waals surface area contributed by atoms with E-state index in [2.05, 4.69) is 24.5 Å². The van der Waals surface area contributed by atoms with Gasteiger partial charge in [-0.15, -0.1) is 0 Å². The average Bonchev–Trinajstić information content (AvgIpc) is 2.96. The molecule has 1 spiro atoms. The Labute approximate surface area is 177 Å². The van der Waals surface area contributed by atoms with Gasteiger partial charge in [0.25, 0.3) is 0 Å². The number of ether oxygens (including phenoxy) is 2. The Bertz CT molecular complexity index is 791. The summed E-state index contributed by atoms with van der Waals surface area (Å²) in [6.07, 6.45) is 3.41. The number of urea groups is 1. The van der Waals surface area contributed by atoms with E-state index in [1.165, 1.54) is 6.42 Å². The second-order valence-electron chi connectivity index (χ2n) is 9.64. The Morgan fingerprint density at radius 3 is 2.70 bits per heavy atom. The van der Waals surface area contributed by atoms with E-state index in [-0.39, 0.29) is 24.0 Å². The molecule has 0 unspecified atom stereocenters. The highest BCUT2D eigenvalue weighted by Gasteiger charge is 2.69. The highest BCUT2D eigenvalue weighted by Crippen LogP contribution is 2.60. The van der Waals surface area contributed by atoms with Crippen molar-refractivity contribution in [2.45, 2.75) is 70.2 Å². The number of carbonyl (C=O) groups is 1. The molecule has 1 saturated carbocycles. The van der Waals surface area contributed by atoms with E-state index in [4.69, 9.17) is 19.2 Å². The SMILES string of the molecule is C[C@H]1[C@@H](CNC(=O)Nc2ccccc2)O[C@@H]2O[C@@]3(C)CC[C@H]4[C@H](C)CC[C@@H]1[C@@]24OO3. The standard InChI is InChI=1S/C23H32N2O5/c1-14-9-10-18-15(2)19(13-24-21(26)25-16-7-5-4-6-8-16)27-20-23(18)17(14)11-12-22(3,28-20)29-30-23/h4-8,14-15,17-20H,9-13H2,1-3H3,(H2,24,25,26)/t14-,15-,17+,18+,19-,20-,22-,23-/m1/s1. The van der Waals surface area contributed by atoms with Crippen LogP contribution in [0.5, 0.6) is 0 Å². The third kappa shape index (κ3) is 3.23. The fraction of sp³-hybridized carbons (Fsp3) is 0.696. The van der Waals surface area contributed by atoms with E-state index < -0.39 is 17.7 Å². The quantitative estimate of drug-likeness (QED) is 0.727. The van der Waals surface area contributed by atoms with Crippen LogP contribution in [0.1, 0.15) is 46.5 Å². The number of hydrogen-bond acceptors (Lipinski definition) is 5. The molecule has 1 aromatic carbocycles. The first-order chi connectivity index (χ1) is 14.4. The molecule has 2 N–H and O–H groups in total. The van der Waals surface area contributed by atoms with E-state index in [1.54, 1.807) is 0 Å². The number of carbonyl (C=O) groups excluding carboxylic acids is 1. The van der Waals surface area contributed by atoms with Gasteiger partial charge in [-0.3, -0.25) is 0 Å². The lowest BCUT2D eigenvalue weighted by Crippen LogP contribution is -2.71. The van der Waals surface area contributed by atoms with Crippen molar-refractivity contribution in [1.82, 2.24) is 5.32 Å². The minimum Gasteiger partial charge on any atom is -0.344 e. The van der Waals surface area contributed by atoms with Crippen molar-refractivity contribution in [2.24, 2.45) is 23.7 Å². The molecule has 8 atom stereocenters. The molecule has 1 aromatic rings. The van der Waals surface area contributed by atoms with Crippen LogP contribution in [-0.4, -0.2) is 36.4 Å². The Morgan fingerprint density at radius 1 is 1.10 bits per heavy atom. The number of para-hydroxylation sites is 1. The van der Waals surface area contributed by atoms with Gasteiger partial charge in [-0.05, 0) is 56.1 Å². The second-order valence-corrected chi connectivity index (χ2v) is 9.64. The van der Waals surface area contributed by atoms with Crippen molar-refractivity contribution in [3.05, 3.63) is 30.3 Å². The maximum absolute atomic E-state index is 12.4. The molecule has 7 nitrogen and oxygen atoms in total. The summed E-state index contributed by atoms with van der Waals surface area (Å²) in [6, 6.07) is 9.19. The topological polar surface area (TPSA) is 78.1 Å². The Balaban J connectivity index is 1.32. The minimum absolute atomic E-state index is 0.146. The molecule has 7 heteroatoms. The number of fused-ring (bicyclic) bond motifs is 2. The van der Waals surface area contributed by atoms with Gasteiger partial charge in [-0.25, -0.2) is 14.6 Å². The minimum atomic E-state index is -0.777. The largest absolute Gasteiger partial charge is 0.344 e. The predicted octanol–water partition coefficient (Wildman–Crippen LogP) is 4.06. The monoisotopic (exact) mass is 416 g/mol. The third-order valence-corrected chi connectivity index (χ3v) is 7.79. The summed E-state index contributed by atoms with van der Waals surface area (Å²) in [5.74, 6) is 0.592. The summed E-state index contributed by atoms with van der Waals surface area (Å²) >= 11 is 0. The maximum atomic E-state index is 12.4. The first kappa shape index (κ1) is 20.2. The number of anilines is 1. The number of nitrogens with one attached hydrogen (secondary N) is 2. The van der Waals surface area contributed by atoms with E-state index in [0.717, 1.165) is 24.9 Å². The molecule has 6 rings (SSSR count). The summed E-state index contributed by atoms with van der Waals surface area (Å²) in [5, 5.41) is 5.84. The first-order valence-electron chi connectivity index (χ1n) is 11.2. The number of rotatable bonds is 3. The Hall–Kier alpha value is -1.67. The number of amides is 2. The molecule has 4 aliphatic heterocycles. The van der Waals surface area contributed by atoms with Gasteiger partial charge >= 0.3 is 6.03 Å². The molecule has 1 aliphatic carbocycles. The zero-order chi connectivity index (χ0) is 20.9. The smallest absolute Gasteiger partial charge is 0.319 e. The molecule has 0 aromatic heterocycles. The Kier molecular flexibility index (Phi) is 5.05. The molecule has 2 bridgehead atoms. The normalized spacial score (nSPS) is 44.6. The van der Waals surface area contributed by atoms with Crippen LogP contribution in [0.3, 0.4) is 0 Å². The van der Waals surface area contributed by atoms with Gasteiger partial charge in [-0.2, -0.15) is 0 Å². The van der Waals surface area contributed by atoms with Crippen LogP contribution in [0.15, 0.2) is 30.3 Å². The molecular weight excluding hydrogens is 384 g/mol. The highest BCUT2D eigenvalue weighted by molar-refractivity contribution is 5.89. The van der Waals surface area contributed by atoms with Gasteiger partial charge in [0.15, 0.2) is 11.9 Å². The fourth-order valence-electron chi connectivity index (χ4n) is 6.10. The fourth-order valence-corrected chi connectivity index (χ4v) is 6.10. The first-order valence-corrected chi connectivity index (χ1v) is 11.2. The van der Waals surface area contributed by atoms with Gasteiger partial charge in [0.2, 0.25) is 5.79 Å². The molecular formula is C23H32N2O5. The summed E-state index contributed by atoms with van der Waals surface area (Å²) in [7, 11) is 0.